The summed E-state index contributed by atoms with van der Waals surface area (Å²) in [6.07, 6.45) is 6.36. The largest absolute Gasteiger partial charge is 0.320 e. The van der Waals surface area contributed by atoms with Gasteiger partial charge in [-0.05, 0) is 73.2 Å². The topological polar surface area (TPSA) is 12.0 Å². The van der Waals surface area contributed by atoms with Crippen LogP contribution in [0.15, 0.2) is 18.2 Å². The van der Waals surface area contributed by atoms with E-state index in [0.29, 0.717) is 10.8 Å². The van der Waals surface area contributed by atoms with Crippen LogP contribution >= 0.6 is 0 Å². The Morgan fingerprint density at radius 3 is 2.25 bits per heavy atom. The van der Waals surface area contributed by atoms with Crippen molar-refractivity contribution in [1.82, 2.24) is 5.32 Å². The van der Waals surface area contributed by atoms with Crippen molar-refractivity contribution in [1.29, 1.82) is 0 Å². The Morgan fingerprint density at radius 2 is 1.60 bits per heavy atom. The Bertz CT molecular complexity index is 457. The van der Waals surface area contributed by atoms with Crippen molar-refractivity contribution in [2.24, 2.45) is 0 Å². The third-order valence-corrected chi connectivity index (χ3v) is 5.06. The van der Waals surface area contributed by atoms with E-state index in [4.69, 9.17) is 0 Å². The molecular weight excluding hydrogens is 242 g/mol. The first-order valence-electron chi connectivity index (χ1n) is 8.15. The second-order valence-corrected chi connectivity index (χ2v) is 7.71. The average molecular weight is 273 g/mol. The molecule has 0 bridgehead atoms. The molecule has 1 aromatic rings. The lowest BCUT2D eigenvalue weighted by atomic mass is 9.63. The summed E-state index contributed by atoms with van der Waals surface area (Å²) in [4.78, 5) is 0. The van der Waals surface area contributed by atoms with Crippen molar-refractivity contribution >= 4 is 0 Å². The van der Waals surface area contributed by atoms with Gasteiger partial charge in [-0.2, -0.15) is 0 Å². The summed E-state index contributed by atoms with van der Waals surface area (Å²) in [5.74, 6) is 0. The molecule has 0 atom stereocenters. The zero-order chi connectivity index (χ0) is 14.8. The van der Waals surface area contributed by atoms with E-state index in [1.54, 1.807) is 11.1 Å². The van der Waals surface area contributed by atoms with Crippen LogP contribution in [-0.4, -0.2) is 13.6 Å². The van der Waals surface area contributed by atoms with Crippen LogP contribution in [0.25, 0.3) is 0 Å². The van der Waals surface area contributed by atoms with Crippen LogP contribution < -0.4 is 5.32 Å². The van der Waals surface area contributed by atoms with Crippen LogP contribution in [-0.2, 0) is 17.3 Å². The lowest BCUT2D eigenvalue weighted by Gasteiger charge is -2.42. The highest BCUT2D eigenvalue weighted by Gasteiger charge is 2.36. The van der Waals surface area contributed by atoms with Gasteiger partial charge in [0.2, 0.25) is 0 Å². The number of nitrogens with one attached hydrogen (secondary N) is 1. The molecular formula is C19H31N. The molecule has 1 aliphatic rings. The van der Waals surface area contributed by atoms with Gasteiger partial charge in [0, 0.05) is 0 Å². The van der Waals surface area contributed by atoms with Gasteiger partial charge in [-0.1, -0.05) is 45.9 Å². The molecule has 0 aromatic heterocycles. The summed E-state index contributed by atoms with van der Waals surface area (Å²) in [5, 5.41) is 3.23. The monoisotopic (exact) mass is 273 g/mol. The minimum absolute atomic E-state index is 0.339. The number of unbranched alkanes of at least 4 members (excludes halogenated alkanes) is 1. The molecule has 2 rings (SSSR count). The molecule has 1 nitrogen and oxygen atoms in total. The van der Waals surface area contributed by atoms with Gasteiger partial charge in [-0.3, -0.25) is 0 Å². The lowest BCUT2D eigenvalue weighted by molar-refractivity contribution is 0.331. The van der Waals surface area contributed by atoms with Crippen molar-refractivity contribution < 1.29 is 0 Å². The molecule has 0 amide bonds. The fraction of sp³-hybridized carbons (Fsp3) is 0.684. The lowest BCUT2D eigenvalue weighted by Crippen LogP contribution is -2.33. The number of hydrogen-bond acceptors (Lipinski definition) is 1. The van der Waals surface area contributed by atoms with Gasteiger partial charge in [0.1, 0.15) is 0 Å². The predicted molar refractivity (Wildman–Crippen MR) is 88.6 cm³/mol. The summed E-state index contributed by atoms with van der Waals surface area (Å²) < 4.78 is 0. The number of rotatable bonds is 5. The first kappa shape index (κ1) is 15.6. The Kier molecular flexibility index (Phi) is 4.59. The third-order valence-electron chi connectivity index (χ3n) is 5.06. The van der Waals surface area contributed by atoms with Crippen molar-refractivity contribution in [3.8, 4) is 0 Å². The Labute approximate surface area is 125 Å². The quantitative estimate of drug-likeness (QED) is 0.774. The van der Waals surface area contributed by atoms with Crippen molar-refractivity contribution in [2.45, 2.75) is 70.6 Å². The van der Waals surface area contributed by atoms with Crippen molar-refractivity contribution in [3.05, 3.63) is 34.9 Å². The molecule has 112 valence electrons. The molecule has 0 unspecified atom stereocenters. The minimum atomic E-state index is 0.339. The number of benzene rings is 1. The molecule has 0 saturated carbocycles. The standard InChI is InChI=1S/C19H31N/c1-18(2)11-12-19(3,4)17-14-15(9-10-16(17)18)8-6-7-13-20-5/h9-10,14,20H,6-8,11-13H2,1-5H3. The second kappa shape index (κ2) is 5.89. The summed E-state index contributed by atoms with van der Waals surface area (Å²) in [7, 11) is 2.03. The molecule has 1 heteroatoms. The minimum Gasteiger partial charge on any atom is -0.320 e. The van der Waals surface area contributed by atoms with Crippen LogP contribution in [0, 0.1) is 0 Å². The fourth-order valence-electron chi connectivity index (χ4n) is 3.42. The van der Waals surface area contributed by atoms with E-state index >= 15 is 0 Å². The van der Waals surface area contributed by atoms with Crippen LogP contribution in [0.1, 0.15) is 70.1 Å². The molecule has 0 radical (unpaired) electrons. The molecule has 1 N–H and O–H groups in total. The summed E-state index contributed by atoms with van der Waals surface area (Å²) >= 11 is 0. The smallest absolute Gasteiger partial charge is 0.00518 e. The van der Waals surface area contributed by atoms with Gasteiger partial charge in [0.05, 0.1) is 0 Å². The zero-order valence-electron chi connectivity index (χ0n) is 14.0. The second-order valence-electron chi connectivity index (χ2n) is 7.71. The fourth-order valence-corrected chi connectivity index (χ4v) is 3.42. The van der Waals surface area contributed by atoms with Gasteiger partial charge in [0.25, 0.3) is 0 Å². The van der Waals surface area contributed by atoms with Crippen LogP contribution in [0.2, 0.25) is 0 Å². The Morgan fingerprint density at radius 1 is 0.950 bits per heavy atom. The maximum absolute atomic E-state index is 3.23. The van der Waals surface area contributed by atoms with Gasteiger partial charge in [-0.25, -0.2) is 0 Å². The first-order chi connectivity index (χ1) is 9.37. The van der Waals surface area contributed by atoms with Gasteiger partial charge >= 0.3 is 0 Å². The van der Waals surface area contributed by atoms with Gasteiger partial charge in [-0.15, -0.1) is 0 Å². The van der Waals surface area contributed by atoms with Crippen LogP contribution in [0.4, 0.5) is 0 Å². The molecule has 1 aliphatic carbocycles. The van der Waals surface area contributed by atoms with E-state index in [-0.39, 0.29) is 0 Å². The van der Waals surface area contributed by atoms with Crippen molar-refractivity contribution in [3.63, 3.8) is 0 Å². The Balaban J connectivity index is 2.20. The molecule has 20 heavy (non-hydrogen) atoms. The van der Waals surface area contributed by atoms with E-state index in [9.17, 15) is 0 Å². The zero-order valence-corrected chi connectivity index (χ0v) is 14.0. The van der Waals surface area contributed by atoms with E-state index < -0.39 is 0 Å². The predicted octanol–water partition coefficient (Wildman–Crippen LogP) is 4.58. The van der Waals surface area contributed by atoms with Crippen LogP contribution in [0.3, 0.4) is 0 Å². The molecule has 1 aromatic carbocycles. The summed E-state index contributed by atoms with van der Waals surface area (Å²) in [5.41, 5.74) is 5.37. The number of aryl methyl sites for hydroxylation is 1. The highest BCUT2D eigenvalue weighted by Crippen LogP contribution is 2.45. The normalized spacial score (nSPS) is 19.6. The number of fused-ring (bicyclic) bond motifs is 1. The number of hydrogen-bond donors (Lipinski definition) is 1. The molecule has 0 heterocycles. The molecule has 0 spiro atoms. The van der Waals surface area contributed by atoms with E-state index in [1.807, 2.05) is 7.05 Å². The van der Waals surface area contributed by atoms with Gasteiger partial charge in [0.15, 0.2) is 0 Å². The van der Waals surface area contributed by atoms with E-state index in [0.717, 1.165) is 6.54 Å². The van der Waals surface area contributed by atoms with Crippen LogP contribution in [0.5, 0.6) is 0 Å². The van der Waals surface area contributed by atoms with Gasteiger partial charge < -0.3 is 5.32 Å². The first-order valence-corrected chi connectivity index (χ1v) is 8.15. The average Bonchev–Trinajstić information content (AvgIpc) is 2.40. The SMILES string of the molecule is CNCCCCc1ccc2c(c1)C(C)(C)CCC2(C)C. The summed E-state index contributed by atoms with van der Waals surface area (Å²) in [6.45, 7) is 10.7. The summed E-state index contributed by atoms with van der Waals surface area (Å²) in [6, 6.07) is 7.26. The third kappa shape index (κ3) is 3.25. The molecule has 0 fully saturated rings. The molecule has 0 aliphatic heterocycles. The maximum Gasteiger partial charge on any atom is -0.00518 e. The highest BCUT2D eigenvalue weighted by molar-refractivity contribution is 5.43. The highest BCUT2D eigenvalue weighted by atomic mass is 14.8. The van der Waals surface area contributed by atoms with Crippen molar-refractivity contribution in [2.75, 3.05) is 13.6 Å². The van der Waals surface area contributed by atoms with E-state index in [1.165, 1.54) is 37.7 Å². The Hall–Kier alpha value is -0.820. The maximum atomic E-state index is 3.23. The van der Waals surface area contributed by atoms with E-state index in [2.05, 4.69) is 51.2 Å². The molecule has 0 saturated heterocycles.